The number of thioether (sulfide) groups is 1. The summed E-state index contributed by atoms with van der Waals surface area (Å²) in [5.74, 6) is 2.54. The van der Waals surface area contributed by atoms with Crippen molar-refractivity contribution in [1.29, 1.82) is 0 Å². The number of halogens is 1. The van der Waals surface area contributed by atoms with E-state index in [1.807, 2.05) is 12.1 Å². The van der Waals surface area contributed by atoms with Crippen LogP contribution in [0.1, 0.15) is 43.7 Å². The van der Waals surface area contributed by atoms with Crippen molar-refractivity contribution in [2.24, 2.45) is 0 Å². The van der Waals surface area contributed by atoms with E-state index < -0.39 is 0 Å². The van der Waals surface area contributed by atoms with Crippen LogP contribution in [-0.2, 0) is 5.75 Å². The Balaban J connectivity index is 1.61. The lowest BCUT2D eigenvalue weighted by Gasteiger charge is -2.25. The summed E-state index contributed by atoms with van der Waals surface area (Å²) in [4.78, 5) is 0. The summed E-state index contributed by atoms with van der Waals surface area (Å²) in [5, 5.41) is 9.92. The van der Waals surface area contributed by atoms with Crippen molar-refractivity contribution in [2.45, 2.75) is 49.1 Å². The molecule has 6 heteroatoms. The molecule has 1 aromatic carbocycles. The first-order chi connectivity index (χ1) is 12.3. The normalized spacial score (nSPS) is 15.6. The highest BCUT2D eigenvalue weighted by molar-refractivity contribution is 9.10. The lowest BCUT2D eigenvalue weighted by Crippen LogP contribution is -2.15. The molecule has 2 heterocycles. The van der Waals surface area contributed by atoms with E-state index in [-0.39, 0.29) is 0 Å². The van der Waals surface area contributed by atoms with Gasteiger partial charge in [-0.25, -0.2) is 0 Å². The average Bonchev–Trinajstić information content (AvgIpc) is 3.31. The first kappa shape index (κ1) is 16.9. The van der Waals surface area contributed by atoms with Gasteiger partial charge in [-0.3, -0.25) is 4.57 Å². The van der Waals surface area contributed by atoms with Gasteiger partial charge in [-0.05, 0) is 42.7 Å². The van der Waals surface area contributed by atoms with Crippen LogP contribution in [0.15, 0.2) is 56.7 Å². The van der Waals surface area contributed by atoms with Crippen LogP contribution in [-0.4, -0.2) is 14.8 Å². The summed E-state index contributed by atoms with van der Waals surface area (Å²) >= 11 is 5.24. The zero-order valence-corrected chi connectivity index (χ0v) is 16.3. The van der Waals surface area contributed by atoms with Crippen molar-refractivity contribution >= 4 is 27.7 Å². The van der Waals surface area contributed by atoms with Crippen LogP contribution >= 0.6 is 27.7 Å². The second-order valence-electron chi connectivity index (χ2n) is 6.36. The van der Waals surface area contributed by atoms with Gasteiger partial charge in [-0.1, -0.05) is 59.1 Å². The van der Waals surface area contributed by atoms with E-state index in [1.54, 1.807) is 18.0 Å². The van der Waals surface area contributed by atoms with Gasteiger partial charge >= 0.3 is 0 Å². The molecule has 4 rings (SSSR count). The van der Waals surface area contributed by atoms with E-state index in [4.69, 9.17) is 4.42 Å². The standard InChI is InChI=1S/C19H20BrN3OS/c20-15-10-8-14(9-11-15)13-25-19-22-21-18(17-7-4-12-24-17)23(19)16-5-2-1-3-6-16/h4,7-12,16H,1-3,5-6,13H2. The summed E-state index contributed by atoms with van der Waals surface area (Å²) in [5.41, 5.74) is 1.28. The number of hydrogen-bond acceptors (Lipinski definition) is 4. The van der Waals surface area contributed by atoms with Gasteiger partial charge in [-0.15, -0.1) is 10.2 Å². The maximum Gasteiger partial charge on any atom is 0.200 e. The molecule has 0 aliphatic heterocycles. The maximum atomic E-state index is 5.60. The molecule has 130 valence electrons. The fourth-order valence-corrected chi connectivity index (χ4v) is 4.57. The Morgan fingerprint density at radius 3 is 2.60 bits per heavy atom. The Morgan fingerprint density at radius 2 is 1.88 bits per heavy atom. The summed E-state index contributed by atoms with van der Waals surface area (Å²) in [6.07, 6.45) is 7.96. The summed E-state index contributed by atoms with van der Waals surface area (Å²) < 4.78 is 9.01. The topological polar surface area (TPSA) is 43.9 Å². The number of hydrogen-bond donors (Lipinski definition) is 0. The smallest absolute Gasteiger partial charge is 0.200 e. The van der Waals surface area contributed by atoms with Crippen LogP contribution in [0.3, 0.4) is 0 Å². The molecule has 0 radical (unpaired) electrons. The molecule has 0 spiro atoms. The molecule has 0 bridgehead atoms. The number of nitrogens with zero attached hydrogens (tertiary/aromatic N) is 3. The average molecular weight is 418 g/mol. The lowest BCUT2D eigenvalue weighted by molar-refractivity contribution is 0.337. The molecule has 1 aliphatic carbocycles. The van der Waals surface area contributed by atoms with Crippen molar-refractivity contribution in [3.63, 3.8) is 0 Å². The first-order valence-electron chi connectivity index (χ1n) is 8.67. The van der Waals surface area contributed by atoms with Gasteiger partial charge in [0.15, 0.2) is 10.9 Å². The molecule has 1 fully saturated rings. The molecule has 0 amide bonds. The fraction of sp³-hybridized carbons (Fsp3) is 0.368. The van der Waals surface area contributed by atoms with Gasteiger partial charge in [0.25, 0.3) is 0 Å². The highest BCUT2D eigenvalue weighted by atomic mass is 79.9. The van der Waals surface area contributed by atoms with Crippen LogP contribution in [0.25, 0.3) is 11.6 Å². The van der Waals surface area contributed by atoms with E-state index >= 15 is 0 Å². The van der Waals surface area contributed by atoms with Crippen molar-refractivity contribution in [2.75, 3.05) is 0 Å². The Morgan fingerprint density at radius 1 is 1.08 bits per heavy atom. The Hall–Kier alpha value is -1.53. The third kappa shape index (κ3) is 3.85. The van der Waals surface area contributed by atoms with Crippen LogP contribution in [0, 0.1) is 0 Å². The van der Waals surface area contributed by atoms with Gasteiger partial charge in [0.1, 0.15) is 0 Å². The molecule has 0 atom stereocenters. The minimum absolute atomic E-state index is 0.469. The van der Waals surface area contributed by atoms with E-state index in [2.05, 4.69) is 55.0 Å². The monoisotopic (exact) mass is 417 g/mol. The second-order valence-corrected chi connectivity index (χ2v) is 8.22. The molecular formula is C19H20BrN3OS. The quantitative estimate of drug-likeness (QED) is 0.470. The predicted molar refractivity (Wildman–Crippen MR) is 104 cm³/mol. The fourth-order valence-electron chi connectivity index (χ4n) is 3.35. The van der Waals surface area contributed by atoms with E-state index in [1.165, 1.54) is 37.7 Å². The van der Waals surface area contributed by atoms with Gasteiger partial charge in [-0.2, -0.15) is 0 Å². The molecule has 3 aromatic rings. The number of rotatable bonds is 5. The molecule has 25 heavy (non-hydrogen) atoms. The van der Waals surface area contributed by atoms with Crippen molar-refractivity contribution in [3.8, 4) is 11.6 Å². The molecule has 0 unspecified atom stereocenters. The third-order valence-electron chi connectivity index (χ3n) is 4.63. The maximum absolute atomic E-state index is 5.60. The molecule has 0 N–H and O–H groups in total. The van der Waals surface area contributed by atoms with E-state index in [0.717, 1.165) is 27.0 Å². The van der Waals surface area contributed by atoms with Crippen molar-refractivity contribution in [3.05, 3.63) is 52.7 Å². The van der Waals surface area contributed by atoms with Crippen LogP contribution < -0.4 is 0 Å². The zero-order valence-electron chi connectivity index (χ0n) is 13.9. The van der Waals surface area contributed by atoms with Crippen LogP contribution in [0.2, 0.25) is 0 Å². The Bertz CT molecular complexity index is 808. The summed E-state index contributed by atoms with van der Waals surface area (Å²) in [6, 6.07) is 12.8. The lowest BCUT2D eigenvalue weighted by atomic mass is 9.95. The minimum Gasteiger partial charge on any atom is -0.461 e. The third-order valence-corrected chi connectivity index (χ3v) is 6.17. The number of furan rings is 1. The first-order valence-corrected chi connectivity index (χ1v) is 10.4. The molecular weight excluding hydrogens is 398 g/mol. The molecule has 2 aromatic heterocycles. The SMILES string of the molecule is Brc1ccc(CSc2nnc(-c3ccco3)n2C2CCCCC2)cc1. The van der Waals surface area contributed by atoms with Gasteiger partial charge in [0.05, 0.1) is 6.26 Å². The van der Waals surface area contributed by atoms with Gasteiger partial charge in [0.2, 0.25) is 5.82 Å². The molecule has 1 aliphatic rings. The molecule has 4 nitrogen and oxygen atoms in total. The number of aromatic nitrogens is 3. The second kappa shape index (κ2) is 7.79. The molecule has 0 saturated heterocycles. The van der Waals surface area contributed by atoms with Crippen LogP contribution in [0.4, 0.5) is 0 Å². The van der Waals surface area contributed by atoms with E-state index in [0.29, 0.717) is 6.04 Å². The van der Waals surface area contributed by atoms with Crippen molar-refractivity contribution in [1.82, 2.24) is 14.8 Å². The molecule has 1 saturated carbocycles. The highest BCUT2D eigenvalue weighted by Gasteiger charge is 2.24. The van der Waals surface area contributed by atoms with Crippen molar-refractivity contribution < 1.29 is 4.42 Å². The summed E-state index contributed by atoms with van der Waals surface area (Å²) in [6.45, 7) is 0. The minimum atomic E-state index is 0.469. The van der Waals surface area contributed by atoms with E-state index in [9.17, 15) is 0 Å². The van der Waals surface area contributed by atoms with Gasteiger partial charge in [0, 0.05) is 16.3 Å². The predicted octanol–water partition coefficient (Wildman–Crippen LogP) is 6.10. The Labute approximate surface area is 160 Å². The summed E-state index contributed by atoms with van der Waals surface area (Å²) in [7, 11) is 0. The Kier molecular flexibility index (Phi) is 5.27. The number of benzene rings is 1. The van der Waals surface area contributed by atoms with Crippen LogP contribution in [0.5, 0.6) is 0 Å². The largest absolute Gasteiger partial charge is 0.461 e. The zero-order chi connectivity index (χ0) is 17.1. The van der Waals surface area contributed by atoms with Gasteiger partial charge < -0.3 is 4.42 Å². The highest BCUT2D eigenvalue weighted by Crippen LogP contribution is 2.36.